The molecule has 1 heterocycles. The number of amides is 2. The topological polar surface area (TPSA) is 82.1 Å². The summed E-state index contributed by atoms with van der Waals surface area (Å²) >= 11 is 2.85. The lowest BCUT2D eigenvalue weighted by atomic mass is 10.1. The number of carbonyl (C=O) groups excluding carboxylic acids is 3. The van der Waals surface area contributed by atoms with Crippen molar-refractivity contribution in [2.24, 2.45) is 0 Å². The van der Waals surface area contributed by atoms with Gasteiger partial charge in [-0.05, 0) is 96.6 Å². The maximum atomic E-state index is 13.5. The average molecular weight is 599 g/mol. The number of ether oxygens (including phenoxy) is 3. The molecule has 0 bridgehead atoms. The highest BCUT2D eigenvalue weighted by atomic mass is 127. The Kier molecular flexibility index (Phi) is 8.95. The molecule has 1 fully saturated rings. The zero-order chi connectivity index (χ0) is 24.8. The third-order valence-electron chi connectivity index (χ3n) is 4.43. The van der Waals surface area contributed by atoms with Crippen LogP contribution in [0.3, 0.4) is 0 Å². The molecule has 34 heavy (non-hydrogen) atoms. The van der Waals surface area contributed by atoms with Crippen LogP contribution in [0.15, 0.2) is 41.3 Å². The van der Waals surface area contributed by atoms with Gasteiger partial charge in [-0.25, -0.2) is 4.39 Å². The van der Waals surface area contributed by atoms with Crippen molar-refractivity contribution in [2.75, 3.05) is 13.2 Å². The quantitative estimate of drug-likeness (QED) is 0.217. The molecule has 10 heteroatoms. The highest BCUT2D eigenvalue weighted by Gasteiger charge is 2.36. The van der Waals surface area contributed by atoms with Crippen molar-refractivity contribution in [3.05, 3.63) is 61.8 Å². The average Bonchev–Trinajstić information content (AvgIpc) is 3.00. The second-order valence-electron chi connectivity index (χ2n) is 7.49. The van der Waals surface area contributed by atoms with Crippen LogP contribution in [-0.2, 0) is 20.9 Å². The predicted octanol–water partition coefficient (Wildman–Crippen LogP) is 5.40. The van der Waals surface area contributed by atoms with Crippen molar-refractivity contribution in [1.82, 2.24) is 4.90 Å². The van der Waals surface area contributed by atoms with Crippen LogP contribution in [0, 0.1) is 9.39 Å². The van der Waals surface area contributed by atoms with Gasteiger partial charge in [-0.3, -0.25) is 19.3 Å². The first-order chi connectivity index (χ1) is 16.2. The summed E-state index contributed by atoms with van der Waals surface area (Å²) in [4.78, 5) is 38.0. The monoisotopic (exact) mass is 599 g/mol. The van der Waals surface area contributed by atoms with Gasteiger partial charge in [0, 0.05) is 0 Å². The van der Waals surface area contributed by atoms with Crippen LogP contribution in [0.2, 0.25) is 0 Å². The summed E-state index contributed by atoms with van der Waals surface area (Å²) < 4.78 is 30.8. The number of thioether (sulfide) groups is 1. The number of esters is 1. The third kappa shape index (κ3) is 6.72. The Labute approximate surface area is 214 Å². The number of imide groups is 1. The fourth-order valence-corrected chi connectivity index (χ4v) is 4.69. The first-order valence-electron chi connectivity index (χ1n) is 10.5. The summed E-state index contributed by atoms with van der Waals surface area (Å²) in [6.45, 7) is 5.30. The number of carbonyl (C=O) groups is 3. The first-order valence-corrected chi connectivity index (χ1v) is 12.4. The minimum absolute atomic E-state index is 0.151. The van der Waals surface area contributed by atoms with Crippen molar-refractivity contribution < 1.29 is 33.0 Å². The minimum atomic E-state index is -0.647. The molecule has 0 radical (unpaired) electrons. The normalized spacial score (nSPS) is 14.8. The van der Waals surface area contributed by atoms with E-state index in [-0.39, 0.29) is 23.4 Å². The lowest BCUT2D eigenvalue weighted by Gasteiger charge is -2.15. The van der Waals surface area contributed by atoms with Crippen LogP contribution in [0.5, 0.6) is 11.5 Å². The van der Waals surface area contributed by atoms with Crippen LogP contribution in [0.1, 0.15) is 31.9 Å². The van der Waals surface area contributed by atoms with Gasteiger partial charge in [0.25, 0.3) is 11.1 Å². The Morgan fingerprint density at radius 3 is 2.65 bits per heavy atom. The van der Waals surface area contributed by atoms with Crippen LogP contribution in [0.4, 0.5) is 9.18 Å². The van der Waals surface area contributed by atoms with Gasteiger partial charge in [-0.2, -0.15) is 0 Å². The summed E-state index contributed by atoms with van der Waals surface area (Å²) in [5.41, 5.74) is 1.30. The van der Waals surface area contributed by atoms with E-state index < -0.39 is 23.7 Å². The lowest BCUT2D eigenvalue weighted by Crippen LogP contribution is -2.35. The van der Waals surface area contributed by atoms with Crippen LogP contribution < -0.4 is 9.47 Å². The van der Waals surface area contributed by atoms with E-state index in [4.69, 9.17) is 14.2 Å². The molecule has 0 aromatic heterocycles. The molecule has 0 spiro atoms. The van der Waals surface area contributed by atoms with Gasteiger partial charge in [0.15, 0.2) is 11.5 Å². The summed E-state index contributed by atoms with van der Waals surface area (Å²) in [5, 5.41) is -0.535. The summed E-state index contributed by atoms with van der Waals surface area (Å²) in [7, 11) is 0. The van der Waals surface area contributed by atoms with Crippen molar-refractivity contribution in [3.8, 4) is 11.5 Å². The van der Waals surface area contributed by atoms with Gasteiger partial charge < -0.3 is 14.2 Å². The zero-order valence-corrected chi connectivity index (χ0v) is 21.8. The number of hydrogen-bond donors (Lipinski definition) is 0. The molecular formula is C24H23FINO6S. The fraction of sp³-hybridized carbons (Fsp3) is 0.292. The highest BCUT2D eigenvalue weighted by molar-refractivity contribution is 14.1. The van der Waals surface area contributed by atoms with Gasteiger partial charge >= 0.3 is 5.97 Å². The predicted molar refractivity (Wildman–Crippen MR) is 135 cm³/mol. The molecule has 2 aromatic rings. The molecule has 3 rings (SSSR count). The van der Waals surface area contributed by atoms with Crippen LogP contribution in [-0.4, -0.2) is 41.3 Å². The lowest BCUT2D eigenvalue weighted by molar-refractivity contribution is -0.149. The summed E-state index contributed by atoms with van der Waals surface area (Å²) in [6.07, 6.45) is 1.23. The van der Waals surface area contributed by atoms with E-state index in [1.165, 1.54) is 12.1 Å². The Morgan fingerprint density at radius 1 is 1.21 bits per heavy atom. The Hall–Kier alpha value is -2.60. The maximum absolute atomic E-state index is 13.5. The van der Waals surface area contributed by atoms with Crippen molar-refractivity contribution in [3.63, 3.8) is 0 Å². The van der Waals surface area contributed by atoms with Gasteiger partial charge in [0.1, 0.15) is 19.0 Å². The van der Waals surface area contributed by atoms with Crippen molar-refractivity contribution >= 4 is 57.5 Å². The van der Waals surface area contributed by atoms with E-state index in [9.17, 15) is 18.8 Å². The van der Waals surface area contributed by atoms with E-state index in [0.29, 0.717) is 32.8 Å². The third-order valence-corrected chi connectivity index (χ3v) is 6.14. The summed E-state index contributed by atoms with van der Waals surface area (Å²) in [6, 6.07) is 9.62. The SMILES string of the molecule is CCOc1cc(/C=C2/SC(=O)N(CC(=O)OC(C)C)C2=O)cc(I)c1OCc1cccc(F)c1. The summed E-state index contributed by atoms with van der Waals surface area (Å²) in [5.74, 6) is -0.602. The fourth-order valence-electron chi connectivity index (χ4n) is 3.07. The van der Waals surface area contributed by atoms with E-state index in [1.54, 1.807) is 44.2 Å². The second kappa shape index (κ2) is 11.7. The standard InChI is InChI=1S/C24H23FINO6S/c1-4-31-19-10-16(9-18(26)22(19)32-13-15-6-5-7-17(25)8-15)11-20-23(29)27(24(30)34-20)12-21(28)33-14(2)3/h5-11,14H,4,12-13H2,1-3H3/b20-11+. The number of rotatable bonds is 9. The Balaban J connectivity index is 1.81. The second-order valence-corrected chi connectivity index (χ2v) is 9.64. The zero-order valence-electron chi connectivity index (χ0n) is 18.8. The largest absolute Gasteiger partial charge is 0.490 e. The molecular weight excluding hydrogens is 576 g/mol. The molecule has 0 saturated carbocycles. The number of nitrogens with zero attached hydrogens (tertiary/aromatic N) is 1. The van der Waals surface area contributed by atoms with Gasteiger partial charge in [0.2, 0.25) is 0 Å². The maximum Gasteiger partial charge on any atom is 0.326 e. The van der Waals surface area contributed by atoms with E-state index in [2.05, 4.69) is 22.6 Å². The number of benzene rings is 2. The molecule has 1 aliphatic rings. The Morgan fingerprint density at radius 2 is 1.97 bits per heavy atom. The Bertz CT molecular complexity index is 1140. The molecule has 0 aliphatic carbocycles. The van der Waals surface area contributed by atoms with E-state index >= 15 is 0 Å². The molecule has 1 saturated heterocycles. The first kappa shape index (κ1) is 26.0. The molecule has 180 valence electrons. The molecule has 0 unspecified atom stereocenters. The van der Waals surface area contributed by atoms with Gasteiger partial charge in [0.05, 0.1) is 21.2 Å². The van der Waals surface area contributed by atoms with E-state index in [1.807, 2.05) is 6.92 Å². The van der Waals surface area contributed by atoms with Gasteiger partial charge in [-0.1, -0.05) is 12.1 Å². The number of halogens is 2. The molecule has 0 N–H and O–H groups in total. The van der Waals surface area contributed by atoms with Crippen LogP contribution >= 0.6 is 34.4 Å². The number of hydrogen-bond acceptors (Lipinski definition) is 7. The van der Waals surface area contributed by atoms with Gasteiger partial charge in [-0.15, -0.1) is 0 Å². The highest BCUT2D eigenvalue weighted by Crippen LogP contribution is 2.38. The van der Waals surface area contributed by atoms with Crippen molar-refractivity contribution in [2.45, 2.75) is 33.5 Å². The molecule has 7 nitrogen and oxygen atoms in total. The smallest absolute Gasteiger partial charge is 0.326 e. The minimum Gasteiger partial charge on any atom is -0.490 e. The molecule has 0 atom stereocenters. The van der Waals surface area contributed by atoms with Crippen molar-refractivity contribution in [1.29, 1.82) is 0 Å². The van der Waals surface area contributed by atoms with Crippen LogP contribution in [0.25, 0.3) is 6.08 Å². The van der Waals surface area contributed by atoms with E-state index in [0.717, 1.165) is 16.7 Å². The molecule has 2 aromatic carbocycles. The molecule has 2 amide bonds. The molecule has 1 aliphatic heterocycles.